The minimum absolute atomic E-state index is 0.0132. The van der Waals surface area contributed by atoms with Crippen LogP contribution in [0.3, 0.4) is 0 Å². The van der Waals surface area contributed by atoms with Crippen molar-refractivity contribution in [1.29, 1.82) is 0 Å². The zero-order valence-electron chi connectivity index (χ0n) is 11.7. The number of benzene rings is 1. The molecule has 1 aromatic carbocycles. The van der Waals surface area contributed by atoms with Crippen LogP contribution in [0.25, 0.3) is 0 Å². The second-order valence-corrected chi connectivity index (χ2v) is 5.63. The Hall–Kier alpha value is -0.935. The lowest BCUT2D eigenvalue weighted by atomic mass is 9.79. The van der Waals surface area contributed by atoms with Gasteiger partial charge in [0.2, 0.25) is 0 Å². The van der Waals surface area contributed by atoms with Gasteiger partial charge in [-0.3, -0.25) is 0 Å². The largest absolute Gasteiger partial charge is 0.494 e. The van der Waals surface area contributed by atoms with E-state index in [1.165, 1.54) is 12.1 Å². The lowest BCUT2D eigenvalue weighted by Crippen LogP contribution is -2.44. The Kier molecular flexibility index (Phi) is 3.71. The Morgan fingerprint density at radius 2 is 1.68 bits per heavy atom. The van der Waals surface area contributed by atoms with Crippen LogP contribution in [0.5, 0.6) is 0 Å². The Morgan fingerprint density at radius 3 is 2.11 bits per heavy atom. The molecule has 0 bridgehead atoms. The zero-order valence-corrected chi connectivity index (χ0v) is 11.7. The molecule has 1 atom stereocenters. The molecule has 1 unspecified atom stereocenters. The average Bonchev–Trinajstić information content (AvgIpc) is 2.61. The third-order valence-corrected chi connectivity index (χ3v) is 4.18. The molecule has 0 aromatic heterocycles. The molecule has 0 aliphatic carbocycles. The fraction of sp³-hybridized carbons (Fsp3) is 0.571. The second kappa shape index (κ2) is 4.87. The molecular weight excluding hydrogens is 249 g/mol. The van der Waals surface area contributed by atoms with Crippen molar-refractivity contribution in [3.63, 3.8) is 0 Å². The maximum atomic E-state index is 12.5. The molecule has 0 radical (unpaired) electrons. The third-order valence-electron chi connectivity index (χ3n) is 4.18. The summed E-state index contributed by atoms with van der Waals surface area (Å²) in [4.78, 5) is 0. The van der Waals surface area contributed by atoms with Gasteiger partial charge in [0.15, 0.2) is 0 Å². The van der Waals surface area contributed by atoms with Crippen molar-refractivity contribution in [2.24, 2.45) is 0 Å². The molecule has 0 N–H and O–H groups in total. The van der Waals surface area contributed by atoms with Crippen LogP contribution in [0.1, 0.15) is 46.1 Å². The van der Waals surface area contributed by atoms with Gasteiger partial charge in [-0.05, 0) is 32.7 Å². The maximum Gasteiger partial charge on any atom is 0.494 e. The highest BCUT2D eigenvalue weighted by Gasteiger charge is 2.53. The van der Waals surface area contributed by atoms with E-state index in [4.69, 9.17) is 9.31 Å². The standard InChI is InChI=1S/C14H19BF2O2/c1-5-14(4)13(2,3)18-15(19-14)11-8-6-10(7-9-11)12(16)17/h6-9,12H,5H2,1-4H3. The molecule has 104 valence electrons. The number of alkyl halides is 2. The second-order valence-electron chi connectivity index (χ2n) is 5.63. The van der Waals surface area contributed by atoms with Crippen molar-refractivity contribution in [1.82, 2.24) is 0 Å². The van der Waals surface area contributed by atoms with Crippen molar-refractivity contribution < 1.29 is 18.1 Å². The fourth-order valence-electron chi connectivity index (χ4n) is 2.24. The Morgan fingerprint density at radius 1 is 1.11 bits per heavy atom. The van der Waals surface area contributed by atoms with Gasteiger partial charge in [-0.25, -0.2) is 8.78 Å². The van der Waals surface area contributed by atoms with Crippen LogP contribution in [0.4, 0.5) is 8.78 Å². The van der Waals surface area contributed by atoms with E-state index in [0.717, 1.165) is 11.9 Å². The molecule has 19 heavy (non-hydrogen) atoms. The van der Waals surface area contributed by atoms with Gasteiger partial charge < -0.3 is 9.31 Å². The van der Waals surface area contributed by atoms with Gasteiger partial charge in [-0.2, -0.15) is 0 Å². The first-order chi connectivity index (χ1) is 8.79. The zero-order chi connectivity index (χ0) is 14.3. The summed E-state index contributed by atoms with van der Waals surface area (Å²) >= 11 is 0. The Labute approximate surface area is 113 Å². The molecule has 1 heterocycles. The van der Waals surface area contributed by atoms with Crippen molar-refractivity contribution in [3.05, 3.63) is 29.8 Å². The molecule has 1 aromatic rings. The van der Waals surface area contributed by atoms with Crippen molar-refractivity contribution in [2.45, 2.75) is 51.7 Å². The number of hydrogen-bond donors (Lipinski definition) is 0. The van der Waals surface area contributed by atoms with E-state index in [9.17, 15) is 8.78 Å². The first-order valence-electron chi connectivity index (χ1n) is 6.53. The van der Waals surface area contributed by atoms with E-state index < -0.39 is 19.1 Å². The van der Waals surface area contributed by atoms with Crippen molar-refractivity contribution >= 4 is 12.6 Å². The molecule has 1 fully saturated rings. The first kappa shape index (κ1) is 14.5. The molecule has 1 aliphatic heterocycles. The van der Waals surface area contributed by atoms with E-state index in [1.54, 1.807) is 12.1 Å². The maximum absolute atomic E-state index is 12.5. The fourth-order valence-corrected chi connectivity index (χ4v) is 2.24. The molecule has 0 amide bonds. The van der Waals surface area contributed by atoms with E-state index in [2.05, 4.69) is 0 Å². The topological polar surface area (TPSA) is 18.5 Å². The van der Waals surface area contributed by atoms with Crippen molar-refractivity contribution in [2.75, 3.05) is 0 Å². The summed E-state index contributed by atoms with van der Waals surface area (Å²) in [6, 6.07) is 6.12. The van der Waals surface area contributed by atoms with Crippen LogP contribution in [0.15, 0.2) is 24.3 Å². The quantitative estimate of drug-likeness (QED) is 0.783. The summed E-state index contributed by atoms with van der Waals surface area (Å²) in [6.07, 6.45) is -1.62. The monoisotopic (exact) mass is 268 g/mol. The number of rotatable bonds is 3. The molecule has 0 spiro atoms. The lowest BCUT2D eigenvalue weighted by molar-refractivity contribution is -0.0118. The molecular formula is C14H19BF2O2. The summed E-state index contributed by atoms with van der Waals surface area (Å²) in [5, 5.41) is 0. The van der Waals surface area contributed by atoms with Crippen LogP contribution < -0.4 is 5.46 Å². The predicted molar refractivity (Wildman–Crippen MR) is 71.7 cm³/mol. The molecule has 2 rings (SSSR count). The number of halogens is 2. The highest BCUT2D eigenvalue weighted by molar-refractivity contribution is 6.62. The summed E-state index contributed by atoms with van der Waals surface area (Å²) in [5.41, 5.74) is 0.00116. The Bertz CT molecular complexity index is 447. The van der Waals surface area contributed by atoms with E-state index in [0.29, 0.717) is 0 Å². The van der Waals surface area contributed by atoms with Gasteiger partial charge in [0.1, 0.15) is 0 Å². The predicted octanol–water partition coefficient (Wildman–Crippen LogP) is 3.31. The molecule has 5 heteroatoms. The summed E-state index contributed by atoms with van der Waals surface area (Å²) < 4.78 is 37.0. The summed E-state index contributed by atoms with van der Waals surface area (Å²) in [7, 11) is -0.494. The molecule has 0 saturated carbocycles. The van der Waals surface area contributed by atoms with Gasteiger partial charge in [0.25, 0.3) is 6.43 Å². The smallest absolute Gasteiger partial charge is 0.399 e. The summed E-state index contributed by atoms with van der Waals surface area (Å²) in [6.45, 7) is 8.04. The normalized spacial score (nSPS) is 26.2. The SMILES string of the molecule is CCC1(C)OB(c2ccc(C(F)F)cc2)OC1(C)C. The van der Waals surface area contributed by atoms with E-state index in [-0.39, 0.29) is 11.2 Å². The highest BCUT2D eigenvalue weighted by Crippen LogP contribution is 2.39. The van der Waals surface area contributed by atoms with Gasteiger partial charge in [0, 0.05) is 5.56 Å². The molecule has 1 saturated heterocycles. The highest BCUT2D eigenvalue weighted by atomic mass is 19.3. The van der Waals surface area contributed by atoms with Gasteiger partial charge in [-0.15, -0.1) is 0 Å². The number of hydrogen-bond acceptors (Lipinski definition) is 2. The van der Waals surface area contributed by atoms with Crippen LogP contribution >= 0.6 is 0 Å². The van der Waals surface area contributed by atoms with Crippen LogP contribution in [-0.2, 0) is 9.31 Å². The first-order valence-corrected chi connectivity index (χ1v) is 6.53. The summed E-state index contributed by atoms with van der Waals surface area (Å²) in [5.74, 6) is 0. The van der Waals surface area contributed by atoms with Crippen molar-refractivity contribution in [3.8, 4) is 0 Å². The van der Waals surface area contributed by atoms with Crippen LogP contribution in [-0.4, -0.2) is 18.3 Å². The van der Waals surface area contributed by atoms with Crippen LogP contribution in [0.2, 0.25) is 0 Å². The molecule has 1 aliphatic rings. The lowest BCUT2D eigenvalue weighted by Gasteiger charge is -2.35. The van der Waals surface area contributed by atoms with E-state index in [1.807, 2.05) is 27.7 Å². The minimum atomic E-state index is -2.45. The minimum Gasteiger partial charge on any atom is -0.399 e. The van der Waals surface area contributed by atoms with Gasteiger partial charge >= 0.3 is 7.12 Å². The Balaban J connectivity index is 2.21. The molecule has 2 nitrogen and oxygen atoms in total. The van der Waals surface area contributed by atoms with E-state index >= 15 is 0 Å². The third kappa shape index (κ3) is 2.54. The average molecular weight is 268 g/mol. The van der Waals surface area contributed by atoms with Crippen LogP contribution in [0, 0.1) is 0 Å². The van der Waals surface area contributed by atoms with Gasteiger partial charge in [0.05, 0.1) is 11.2 Å². The van der Waals surface area contributed by atoms with Gasteiger partial charge in [-0.1, -0.05) is 31.2 Å².